The molecule has 0 saturated carbocycles. The molecule has 2 heteroatoms. The van der Waals surface area contributed by atoms with Gasteiger partial charge in [-0.05, 0) is 41.3 Å². The van der Waals surface area contributed by atoms with Gasteiger partial charge >= 0.3 is 0 Å². The molecule has 0 nitrogen and oxygen atoms in total. The van der Waals surface area contributed by atoms with Crippen LogP contribution in [0.25, 0.3) is 0 Å². The minimum atomic E-state index is 1.05. The molecule has 0 spiro atoms. The molecule has 1 aliphatic rings. The van der Waals surface area contributed by atoms with Crippen molar-refractivity contribution in [3.05, 3.63) is 63.6 Å². The fourth-order valence-electron chi connectivity index (χ4n) is 2.05. The van der Waals surface area contributed by atoms with Crippen molar-refractivity contribution in [1.29, 1.82) is 0 Å². The minimum Gasteiger partial charge on any atom is -0.121 e. The maximum atomic E-state index is 3.55. The van der Waals surface area contributed by atoms with Crippen molar-refractivity contribution in [3.63, 3.8) is 0 Å². The number of benzene rings is 2. The summed E-state index contributed by atoms with van der Waals surface area (Å²) >= 11 is 5.49. The molecule has 0 fully saturated rings. The Balaban J connectivity index is 2.10. The zero-order chi connectivity index (χ0) is 11.0. The first-order valence-corrected chi connectivity index (χ1v) is 7.09. The van der Waals surface area contributed by atoms with Gasteiger partial charge in [-0.1, -0.05) is 40.2 Å². The van der Waals surface area contributed by atoms with Gasteiger partial charge in [-0.25, -0.2) is 0 Å². The smallest absolute Gasteiger partial charge is 0.0234 e. The van der Waals surface area contributed by atoms with Gasteiger partial charge in [0.15, 0.2) is 0 Å². The zero-order valence-corrected chi connectivity index (χ0v) is 11.1. The summed E-state index contributed by atoms with van der Waals surface area (Å²) < 4.78 is 1.18. The first-order chi connectivity index (χ1) is 7.83. The third-order valence-electron chi connectivity index (χ3n) is 2.90. The first kappa shape index (κ1) is 10.4. The van der Waals surface area contributed by atoms with E-state index in [1.807, 2.05) is 11.8 Å². The molecule has 0 atom stereocenters. The lowest BCUT2D eigenvalue weighted by molar-refractivity contribution is 1.12. The summed E-state index contributed by atoms with van der Waals surface area (Å²) in [6, 6.07) is 15.3. The molecule has 16 heavy (non-hydrogen) atoms. The SMILES string of the molecule is Brc1ccc2c(c1)Cc1ccccc1SC2. The Bertz CT molecular complexity index is 534. The van der Waals surface area contributed by atoms with Crippen LogP contribution in [0.15, 0.2) is 51.8 Å². The molecule has 1 aliphatic heterocycles. The van der Waals surface area contributed by atoms with Gasteiger partial charge in [0.25, 0.3) is 0 Å². The van der Waals surface area contributed by atoms with Crippen LogP contribution in [0.5, 0.6) is 0 Å². The molecule has 80 valence electrons. The molecule has 0 amide bonds. The average molecular weight is 291 g/mol. The highest BCUT2D eigenvalue weighted by molar-refractivity contribution is 9.10. The Kier molecular flexibility index (Phi) is 2.78. The third kappa shape index (κ3) is 1.92. The van der Waals surface area contributed by atoms with E-state index in [9.17, 15) is 0 Å². The maximum Gasteiger partial charge on any atom is 0.0234 e. The van der Waals surface area contributed by atoms with Crippen LogP contribution < -0.4 is 0 Å². The van der Waals surface area contributed by atoms with Crippen molar-refractivity contribution >= 4 is 27.7 Å². The molecule has 0 aliphatic carbocycles. The van der Waals surface area contributed by atoms with Gasteiger partial charge in [0.2, 0.25) is 0 Å². The number of halogens is 1. The van der Waals surface area contributed by atoms with E-state index < -0.39 is 0 Å². The Hall–Kier alpha value is -0.730. The third-order valence-corrected chi connectivity index (χ3v) is 4.56. The standard InChI is InChI=1S/C14H11BrS/c15-13-6-5-11-9-16-14-4-2-1-3-10(14)7-12(11)8-13/h1-6,8H,7,9H2. The van der Waals surface area contributed by atoms with Crippen LogP contribution in [0.1, 0.15) is 16.7 Å². The van der Waals surface area contributed by atoms with Gasteiger partial charge in [-0.2, -0.15) is 0 Å². The van der Waals surface area contributed by atoms with Crippen LogP contribution in [0.2, 0.25) is 0 Å². The van der Waals surface area contributed by atoms with Crippen molar-refractivity contribution in [2.75, 3.05) is 0 Å². The minimum absolute atomic E-state index is 1.05. The van der Waals surface area contributed by atoms with Crippen LogP contribution in [0, 0.1) is 0 Å². The molecule has 0 radical (unpaired) electrons. The Labute approximate surface area is 108 Å². The fourth-order valence-corrected chi connectivity index (χ4v) is 3.55. The maximum absolute atomic E-state index is 3.55. The normalized spacial score (nSPS) is 13.8. The van der Waals surface area contributed by atoms with Crippen molar-refractivity contribution in [2.24, 2.45) is 0 Å². The quantitative estimate of drug-likeness (QED) is 0.681. The summed E-state index contributed by atoms with van der Waals surface area (Å²) in [6.45, 7) is 0. The number of rotatable bonds is 0. The lowest BCUT2D eigenvalue weighted by Crippen LogP contribution is -1.91. The van der Waals surface area contributed by atoms with Gasteiger partial charge in [0.05, 0.1) is 0 Å². The monoisotopic (exact) mass is 290 g/mol. The summed E-state index contributed by atoms with van der Waals surface area (Å²) in [5.41, 5.74) is 4.36. The molecule has 3 rings (SSSR count). The van der Waals surface area contributed by atoms with Gasteiger partial charge in [0.1, 0.15) is 0 Å². The van der Waals surface area contributed by atoms with E-state index in [1.165, 1.54) is 26.1 Å². The molecule has 2 aromatic rings. The molecule has 0 saturated heterocycles. The van der Waals surface area contributed by atoms with E-state index >= 15 is 0 Å². The topological polar surface area (TPSA) is 0 Å². The second-order valence-electron chi connectivity index (χ2n) is 3.99. The van der Waals surface area contributed by atoms with E-state index in [2.05, 4.69) is 58.4 Å². The van der Waals surface area contributed by atoms with Crippen molar-refractivity contribution < 1.29 is 0 Å². The Morgan fingerprint density at radius 1 is 0.938 bits per heavy atom. The average Bonchev–Trinajstić information content (AvgIpc) is 2.47. The van der Waals surface area contributed by atoms with Gasteiger partial charge in [0, 0.05) is 15.1 Å². The number of hydrogen-bond donors (Lipinski definition) is 0. The molecule has 1 heterocycles. The molecule has 0 aromatic heterocycles. The number of thioether (sulfide) groups is 1. The Morgan fingerprint density at radius 2 is 1.81 bits per heavy atom. The van der Waals surface area contributed by atoms with Gasteiger partial charge in [-0.3, -0.25) is 0 Å². The largest absolute Gasteiger partial charge is 0.121 e. The first-order valence-electron chi connectivity index (χ1n) is 5.31. The summed E-state index contributed by atoms with van der Waals surface area (Å²) in [7, 11) is 0. The molecule has 2 aromatic carbocycles. The summed E-state index contributed by atoms with van der Waals surface area (Å²) in [4.78, 5) is 1.43. The van der Waals surface area contributed by atoms with E-state index in [4.69, 9.17) is 0 Å². The summed E-state index contributed by atoms with van der Waals surface area (Å²) in [6.07, 6.45) is 1.05. The van der Waals surface area contributed by atoms with Crippen LogP contribution in [-0.2, 0) is 12.2 Å². The molecule has 0 unspecified atom stereocenters. The highest BCUT2D eigenvalue weighted by Crippen LogP contribution is 2.34. The van der Waals surface area contributed by atoms with E-state index in [0.29, 0.717) is 0 Å². The number of hydrogen-bond acceptors (Lipinski definition) is 1. The van der Waals surface area contributed by atoms with Crippen molar-refractivity contribution in [3.8, 4) is 0 Å². The van der Waals surface area contributed by atoms with Gasteiger partial charge < -0.3 is 0 Å². The molecule has 0 N–H and O–H groups in total. The lowest BCUT2D eigenvalue weighted by atomic mass is 10.0. The molecular formula is C14H11BrS. The van der Waals surface area contributed by atoms with E-state index in [-0.39, 0.29) is 0 Å². The Morgan fingerprint density at radius 3 is 2.75 bits per heavy atom. The van der Waals surface area contributed by atoms with Crippen LogP contribution in [-0.4, -0.2) is 0 Å². The highest BCUT2D eigenvalue weighted by atomic mass is 79.9. The van der Waals surface area contributed by atoms with E-state index in [0.717, 1.165) is 12.2 Å². The second kappa shape index (κ2) is 4.27. The summed E-state index contributed by atoms with van der Waals surface area (Å²) in [5.74, 6) is 1.08. The second-order valence-corrected chi connectivity index (χ2v) is 5.92. The molecule has 0 bridgehead atoms. The van der Waals surface area contributed by atoms with Crippen molar-refractivity contribution in [2.45, 2.75) is 17.1 Å². The van der Waals surface area contributed by atoms with E-state index in [1.54, 1.807) is 0 Å². The van der Waals surface area contributed by atoms with Crippen molar-refractivity contribution in [1.82, 2.24) is 0 Å². The summed E-state index contributed by atoms with van der Waals surface area (Å²) in [5, 5.41) is 0. The van der Waals surface area contributed by atoms with Crippen LogP contribution in [0.3, 0.4) is 0 Å². The fraction of sp³-hybridized carbons (Fsp3) is 0.143. The molecular weight excluding hydrogens is 280 g/mol. The van der Waals surface area contributed by atoms with Crippen LogP contribution >= 0.6 is 27.7 Å². The number of fused-ring (bicyclic) bond motifs is 2. The predicted molar refractivity (Wildman–Crippen MR) is 73.0 cm³/mol. The lowest BCUT2D eigenvalue weighted by Gasteiger charge is -2.05. The highest BCUT2D eigenvalue weighted by Gasteiger charge is 2.12. The predicted octanol–water partition coefficient (Wildman–Crippen LogP) is 4.65. The van der Waals surface area contributed by atoms with Crippen LogP contribution in [0.4, 0.5) is 0 Å². The van der Waals surface area contributed by atoms with Gasteiger partial charge in [-0.15, -0.1) is 11.8 Å². The zero-order valence-electron chi connectivity index (χ0n) is 8.74.